The summed E-state index contributed by atoms with van der Waals surface area (Å²) in [6.45, 7) is 0.567. The lowest BCUT2D eigenvalue weighted by molar-refractivity contribution is 0.0995. The molecule has 1 aliphatic heterocycles. The molecule has 0 atom stereocenters. The summed E-state index contributed by atoms with van der Waals surface area (Å²) in [4.78, 5) is 11.2. The average molecular weight is 355 g/mol. The second-order valence-electron chi connectivity index (χ2n) is 4.01. The first kappa shape index (κ1) is 11.5. The Kier molecular flexibility index (Phi) is 2.73. The second-order valence-corrected chi connectivity index (χ2v) is 5.25. The second kappa shape index (κ2) is 4.27. The largest absolute Gasteiger partial charge is 0.491 e. The zero-order valence-electron chi connectivity index (χ0n) is 9.39. The Hall–Kier alpha value is -1.57. The van der Waals surface area contributed by atoms with Gasteiger partial charge in [-0.25, -0.2) is 4.68 Å². The van der Waals surface area contributed by atoms with Crippen LogP contribution < -0.4 is 10.5 Å². The van der Waals surface area contributed by atoms with Crippen LogP contribution in [0.1, 0.15) is 16.2 Å². The summed E-state index contributed by atoms with van der Waals surface area (Å²) in [6.07, 6.45) is 0.700. The number of nitrogens with two attached hydrogens (primary N) is 1. The molecule has 18 heavy (non-hydrogen) atoms. The van der Waals surface area contributed by atoms with Gasteiger partial charge in [-0.05, 0) is 46.9 Å². The van der Waals surface area contributed by atoms with Crippen molar-refractivity contribution in [3.8, 4) is 11.4 Å². The number of primary amides is 1. The molecule has 2 N–H and O–H groups in total. The molecule has 0 spiro atoms. The third-order valence-corrected chi connectivity index (χ3v) is 3.47. The number of hydrogen-bond acceptors (Lipinski definition) is 3. The van der Waals surface area contributed by atoms with E-state index < -0.39 is 5.91 Å². The lowest BCUT2D eigenvalue weighted by Crippen LogP contribution is -2.12. The van der Waals surface area contributed by atoms with E-state index in [1.165, 1.54) is 0 Å². The molecule has 92 valence electrons. The number of nitrogens with zero attached hydrogens (tertiary/aromatic N) is 2. The molecule has 0 unspecified atom stereocenters. The SMILES string of the molecule is NC(=O)c1cc2n(n1)-c1cc(I)ccc1OCC2. The maximum absolute atomic E-state index is 11.2. The van der Waals surface area contributed by atoms with Crippen molar-refractivity contribution < 1.29 is 9.53 Å². The fraction of sp³-hybridized carbons (Fsp3) is 0.167. The highest BCUT2D eigenvalue weighted by molar-refractivity contribution is 14.1. The van der Waals surface area contributed by atoms with Crippen molar-refractivity contribution in [3.05, 3.63) is 39.2 Å². The summed E-state index contributed by atoms with van der Waals surface area (Å²) < 4.78 is 8.49. The van der Waals surface area contributed by atoms with Gasteiger partial charge in [0.05, 0.1) is 6.61 Å². The molecule has 6 heteroatoms. The van der Waals surface area contributed by atoms with Gasteiger partial charge in [-0.15, -0.1) is 0 Å². The fourth-order valence-corrected chi connectivity index (χ4v) is 2.45. The van der Waals surface area contributed by atoms with Gasteiger partial charge in [0, 0.05) is 15.7 Å². The number of benzene rings is 1. The normalized spacial score (nSPS) is 13.2. The lowest BCUT2D eigenvalue weighted by atomic mass is 10.2. The summed E-state index contributed by atoms with van der Waals surface area (Å²) in [5, 5.41) is 4.25. The number of carbonyl (C=O) groups excluding carboxylic acids is 1. The van der Waals surface area contributed by atoms with Crippen LogP contribution in [0.4, 0.5) is 0 Å². The number of rotatable bonds is 1. The van der Waals surface area contributed by atoms with Crippen LogP contribution in [0.2, 0.25) is 0 Å². The molecule has 1 aliphatic rings. The zero-order chi connectivity index (χ0) is 12.7. The average Bonchev–Trinajstić information content (AvgIpc) is 2.68. The van der Waals surface area contributed by atoms with E-state index in [0.717, 1.165) is 20.7 Å². The van der Waals surface area contributed by atoms with E-state index in [1.54, 1.807) is 10.7 Å². The highest BCUT2D eigenvalue weighted by atomic mass is 127. The lowest BCUT2D eigenvalue weighted by Gasteiger charge is -2.08. The van der Waals surface area contributed by atoms with E-state index in [1.807, 2.05) is 18.2 Å². The van der Waals surface area contributed by atoms with Gasteiger partial charge in [0.15, 0.2) is 5.69 Å². The Morgan fingerprint density at radius 2 is 2.28 bits per heavy atom. The summed E-state index contributed by atoms with van der Waals surface area (Å²) in [6, 6.07) is 7.59. The molecule has 2 heterocycles. The van der Waals surface area contributed by atoms with E-state index in [2.05, 4.69) is 27.7 Å². The number of amides is 1. The van der Waals surface area contributed by atoms with Crippen molar-refractivity contribution in [2.75, 3.05) is 6.61 Å². The molecule has 1 aromatic heterocycles. The molecule has 5 nitrogen and oxygen atoms in total. The monoisotopic (exact) mass is 355 g/mol. The predicted molar refractivity (Wildman–Crippen MR) is 74.0 cm³/mol. The Bertz CT molecular complexity index is 636. The molecular weight excluding hydrogens is 345 g/mol. The van der Waals surface area contributed by atoms with Crippen LogP contribution in [0.5, 0.6) is 5.75 Å². The number of hydrogen-bond donors (Lipinski definition) is 1. The van der Waals surface area contributed by atoms with Crippen LogP contribution in [0.25, 0.3) is 5.69 Å². The highest BCUT2D eigenvalue weighted by Gasteiger charge is 2.19. The van der Waals surface area contributed by atoms with Gasteiger partial charge in [0.1, 0.15) is 11.4 Å². The van der Waals surface area contributed by atoms with Crippen LogP contribution in [-0.2, 0) is 6.42 Å². The first-order valence-electron chi connectivity index (χ1n) is 5.46. The van der Waals surface area contributed by atoms with Gasteiger partial charge in [0.25, 0.3) is 5.91 Å². The van der Waals surface area contributed by atoms with Crippen LogP contribution in [-0.4, -0.2) is 22.3 Å². The van der Waals surface area contributed by atoms with Gasteiger partial charge in [-0.2, -0.15) is 5.10 Å². The van der Waals surface area contributed by atoms with Gasteiger partial charge in [-0.3, -0.25) is 4.79 Å². The van der Waals surface area contributed by atoms with Gasteiger partial charge in [0.2, 0.25) is 0 Å². The van der Waals surface area contributed by atoms with E-state index >= 15 is 0 Å². The Morgan fingerprint density at radius 3 is 3.06 bits per heavy atom. The standard InChI is InChI=1S/C12H10IN3O2/c13-7-1-2-11-10(5-7)16-8(3-4-18-11)6-9(15-16)12(14)17/h1-2,5-6H,3-4H2,(H2,14,17). The number of aromatic nitrogens is 2. The minimum absolute atomic E-state index is 0.289. The summed E-state index contributed by atoms with van der Waals surface area (Å²) in [7, 11) is 0. The quantitative estimate of drug-likeness (QED) is 0.789. The number of ether oxygens (including phenoxy) is 1. The summed E-state index contributed by atoms with van der Waals surface area (Å²) >= 11 is 2.23. The third-order valence-electron chi connectivity index (χ3n) is 2.80. The highest BCUT2D eigenvalue weighted by Crippen LogP contribution is 2.28. The van der Waals surface area contributed by atoms with Crippen LogP contribution >= 0.6 is 22.6 Å². The van der Waals surface area contributed by atoms with E-state index in [4.69, 9.17) is 10.5 Å². The molecular formula is C12H10IN3O2. The van der Waals surface area contributed by atoms with Gasteiger partial charge >= 0.3 is 0 Å². The molecule has 0 saturated heterocycles. The molecule has 1 aromatic carbocycles. The first-order valence-corrected chi connectivity index (χ1v) is 6.54. The molecule has 0 saturated carbocycles. The fourth-order valence-electron chi connectivity index (χ4n) is 1.97. The predicted octanol–water partition coefficient (Wildman–Crippen LogP) is 1.51. The van der Waals surface area contributed by atoms with Crippen molar-refractivity contribution in [1.82, 2.24) is 9.78 Å². The number of halogens is 1. The molecule has 0 fully saturated rings. The van der Waals surface area contributed by atoms with Crippen LogP contribution in [0.3, 0.4) is 0 Å². The topological polar surface area (TPSA) is 70.1 Å². The molecule has 0 radical (unpaired) electrons. The Morgan fingerprint density at radius 1 is 1.44 bits per heavy atom. The maximum atomic E-state index is 11.2. The molecule has 0 aliphatic carbocycles. The van der Waals surface area contributed by atoms with Crippen molar-refractivity contribution in [3.63, 3.8) is 0 Å². The van der Waals surface area contributed by atoms with Gasteiger partial charge < -0.3 is 10.5 Å². The van der Waals surface area contributed by atoms with E-state index in [0.29, 0.717) is 13.0 Å². The van der Waals surface area contributed by atoms with Gasteiger partial charge in [-0.1, -0.05) is 0 Å². The van der Waals surface area contributed by atoms with Crippen LogP contribution in [0.15, 0.2) is 24.3 Å². The van der Waals surface area contributed by atoms with Crippen molar-refractivity contribution in [2.45, 2.75) is 6.42 Å². The molecule has 1 amide bonds. The Labute approximate surface area is 117 Å². The smallest absolute Gasteiger partial charge is 0.269 e. The summed E-state index contributed by atoms with van der Waals surface area (Å²) in [5.41, 5.74) is 7.34. The third kappa shape index (κ3) is 1.86. The zero-order valence-corrected chi connectivity index (χ0v) is 11.5. The first-order chi connectivity index (χ1) is 8.65. The maximum Gasteiger partial charge on any atom is 0.269 e. The molecule has 2 aromatic rings. The van der Waals surface area contributed by atoms with Crippen molar-refractivity contribution in [2.24, 2.45) is 5.73 Å². The van der Waals surface area contributed by atoms with Crippen LogP contribution in [0, 0.1) is 3.57 Å². The van der Waals surface area contributed by atoms with Crippen molar-refractivity contribution >= 4 is 28.5 Å². The number of fused-ring (bicyclic) bond motifs is 3. The number of carbonyl (C=O) groups is 1. The van der Waals surface area contributed by atoms with E-state index in [-0.39, 0.29) is 5.69 Å². The summed E-state index contributed by atoms with van der Waals surface area (Å²) in [5.74, 6) is 0.261. The van der Waals surface area contributed by atoms with Crippen molar-refractivity contribution in [1.29, 1.82) is 0 Å². The molecule has 3 rings (SSSR count). The molecule has 0 bridgehead atoms. The Balaban J connectivity index is 2.22. The van der Waals surface area contributed by atoms with E-state index in [9.17, 15) is 4.79 Å². The minimum Gasteiger partial charge on any atom is -0.491 e. The minimum atomic E-state index is -0.510.